The molecule has 1 aliphatic carbocycles. The molecule has 0 saturated heterocycles. The maximum atomic E-state index is 11.1. The van der Waals surface area contributed by atoms with E-state index >= 15 is 0 Å². The lowest BCUT2D eigenvalue weighted by atomic mass is 9.96. The lowest BCUT2D eigenvalue weighted by molar-refractivity contribution is -0.137. The van der Waals surface area contributed by atoms with E-state index in [4.69, 9.17) is 9.84 Å². The molecule has 5 heteroatoms. The molecule has 1 N–H and O–H groups in total. The lowest BCUT2D eigenvalue weighted by Crippen LogP contribution is -2.09. The number of hydrogen-bond donors (Lipinski definition) is 1. The van der Waals surface area contributed by atoms with Crippen LogP contribution in [0.4, 0.5) is 0 Å². The Balaban J connectivity index is 1.43. The lowest BCUT2D eigenvalue weighted by Gasteiger charge is -2.13. The molecule has 0 bridgehead atoms. The standard InChI is InChI=1S/C27H30N2O3/c1-3-6-23(15-26(30)31)22-9-11-25(12-10-22)32-18-21-13-19(2)27-24(14-21)16-28-29(27)17-20-7-4-5-8-20/h9-14,16,20,23H,4-5,7-8,15,17-18H2,1-2H3,(H,30,31)/t23-/m0/s1. The van der Waals surface area contributed by atoms with Crippen molar-refractivity contribution < 1.29 is 14.6 Å². The molecule has 4 rings (SSSR count). The molecule has 1 heterocycles. The van der Waals surface area contributed by atoms with E-state index in [2.05, 4.69) is 40.7 Å². The Morgan fingerprint density at radius 3 is 2.69 bits per heavy atom. The number of hydrogen-bond acceptors (Lipinski definition) is 3. The highest BCUT2D eigenvalue weighted by molar-refractivity contribution is 5.82. The highest BCUT2D eigenvalue weighted by atomic mass is 16.5. The van der Waals surface area contributed by atoms with Crippen LogP contribution < -0.4 is 4.74 Å². The van der Waals surface area contributed by atoms with E-state index in [1.807, 2.05) is 30.5 Å². The van der Waals surface area contributed by atoms with Gasteiger partial charge < -0.3 is 9.84 Å². The second kappa shape index (κ2) is 9.91. The molecule has 0 spiro atoms. The van der Waals surface area contributed by atoms with Crippen LogP contribution in [-0.4, -0.2) is 20.9 Å². The summed E-state index contributed by atoms with van der Waals surface area (Å²) < 4.78 is 8.18. The Kier molecular flexibility index (Phi) is 6.80. The Labute approximate surface area is 189 Å². The summed E-state index contributed by atoms with van der Waals surface area (Å²) in [5.74, 6) is 6.14. The number of aryl methyl sites for hydroxylation is 1. The van der Waals surface area contributed by atoms with Crippen molar-refractivity contribution in [3.05, 3.63) is 59.3 Å². The van der Waals surface area contributed by atoms with Gasteiger partial charge in [0.2, 0.25) is 0 Å². The van der Waals surface area contributed by atoms with Crippen molar-refractivity contribution in [1.82, 2.24) is 9.78 Å². The highest BCUT2D eigenvalue weighted by Crippen LogP contribution is 2.29. The van der Waals surface area contributed by atoms with Gasteiger partial charge in [0, 0.05) is 11.9 Å². The summed E-state index contributed by atoms with van der Waals surface area (Å²) in [5.41, 5.74) is 4.45. The smallest absolute Gasteiger partial charge is 0.304 e. The zero-order valence-electron chi connectivity index (χ0n) is 18.8. The molecule has 1 atom stereocenters. The second-order valence-electron chi connectivity index (χ2n) is 8.73. The number of benzene rings is 2. The zero-order valence-corrected chi connectivity index (χ0v) is 18.8. The summed E-state index contributed by atoms with van der Waals surface area (Å²) in [6.45, 7) is 5.35. The van der Waals surface area contributed by atoms with Gasteiger partial charge in [-0.25, -0.2) is 0 Å². The first-order valence-electron chi connectivity index (χ1n) is 11.4. The summed E-state index contributed by atoms with van der Waals surface area (Å²) in [7, 11) is 0. The van der Waals surface area contributed by atoms with Crippen LogP contribution in [0.2, 0.25) is 0 Å². The molecule has 1 fully saturated rings. The maximum Gasteiger partial charge on any atom is 0.304 e. The Hall–Kier alpha value is -3.26. The average Bonchev–Trinajstić information content (AvgIpc) is 3.43. The largest absolute Gasteiger partial charge is 0.489 e. The summed E-state index contributed by atoms with van der Waals surface area (Å²) in [6.07, 6.45) is 7.27. The van der Waals surface area contributed by atoms with Crippen LogP contribution in [0.25, 0.3) is 10.9 Å². The molecular weight excluding hydrogens is 400 g/mol. The van der Waals surface area contributed by atoms with Gasteiger partial charge in [-0.05, 0) is 67.5 Å². The molecule has 5 nitrogen and oxygen atoms in total. The molecule has 1 saturated carbocycles. The normalized spacial score (nSPS) is 14.8. The number of carbonyl (C=O) groups is 1. The summed E-state index contributed by atoms with van der Waals surface area (Å²) in [4.78, 5) is 11.1. The number of rotatable bonds is 8. The molecule has 2 aromatic carbocycles. The molecule has 32 heavy (non-hydrogen) atoms. The SMILES string of the molecule is CC#C[C@@H](CC(=O)O)c1ccc(OCc2cc(C)c3c(cnn3CC3CCCC3)c2)cc1. The number of fused-ring (bicyclic) bond motifs is 1. The number of nitrogens with zero attached hydrogens (tertiary/aromatic N) is 2. The minimum absolute atomic E-state index is 0.00519. The number of carboxylic acid groups (broad SMARTS) is 1. The van der Waals surface area contributed by atoms with Gasteiger partial charge in [0.1, 0.15) is 12.4 Å². The van der Waals surface area contributed by atoms with Gasteiger partial charge in [-0.2, -0.15) is 5.10 Å². The highest BCUT2D eigenvalue weighted by Gasteiger charge is 2.18. The van der Waals surface area contributed by atoms with Crippen LogP contribution in [0.5, 0.6) is 5.75 Å². The number of aliphatic carboxylic acids is 1. The fourth-order valence-corrected chi connectivity index (χ4v) is 4.75. The molecule has 1 aromatic heterocycles. The van der Waals surface area contributed by atoms with Crippen molar-refractivity contribution in [2.75, 3.05) is 0 Å². The van der Waals surface area contributed by atoms with Crippen LogP contribution in [-0.2, 0) is 17.9 Å². The molecule has 0 unspecified atom stereocenters. The quantitative estimate of drug-likeness (QED) is 0.466. The van der Waals surface area contributed by atoms with Crippen LogP contribution in [0.3, 0.4) is 0 Å². The van der Waals surface area contributed by atoms with E-state index < -0.39 is 5.97 Å². The molecule has 3 aromatic rings. The van der Waals surface area contributed by atoms with E-state index in [0.717, 1.165) is 34.7 Å². The van der Waals surface area contributed by atoms with Gasteiger partial charge in [0.05, 0.1) is 24.1 Å². The van der Waals surface area contributed by atoms with E-state index in [1.54, 1.807) is 6.92 Å². The molecule has 0 radical (unpaired) electrons. The minimum atomic E-state index is -0.851. The van der Waals surface area contributed by atoms with Crippen molar-refractivity contribution in [2.45, 2.75) is 65.0 Å². The van der Waals surface area contributed by atoms with Gasteiger partial charge in [-0.1, -0.05) is 37.0 Å². The van der Waals surface area contributed by atoms with E-state index in [9.17, 15) is 4.79 Å². The van der Waals surface area contributed by atoms with Gasteiger partial charge in [-0.15, -0.1) is 5.92 Å². The summed E-state index contributed by atoms with van der Waals surface area (Å²) in [5, 5.41) is 14.9. The van der Waals surface area contributed by atoms with Crippen molar-refractivity contribution in [3.63, 3.8) is 0 Å². The van der Waals surface area contributed by atoms with Crippen molar-refractivity contribution >= 4 is 16.9 Å². The van der Waals surface area contributed by atoms with Gasteiger partial charge >= 0.3 is 5.97 Å². The van der Waals surface area contributed by atoms with Gasteiger partial charge in [0.15, 0.2) is 0 Å². The Bertz CT molecular complexity index is 1150. The number of aromatic nitrogens is 2. The molecule has 1 aliphatic rings. The summed E-state index contributed by atoms with van der Waals surface area (Å²) >= 11 is 0. The van der Waals surface area contributed by atoms with E-state index in [0.29, 0.717) is 6.61 Å². The van der Waals surface area contributed by atoms with Crippen molar-refractivity contribution in [3.8, 4) is 17.6 Å². The predicted molar refractivity (Wildman–Crippen MR) is 126 cm³/mol. The first-order chi connectivity index (χ1) is 15.5. The average molecular weight is 431 g/mol. The number of carboxylic acids is 1. The monoisotopic (exact) mass is 430 g/mol. The Morgan fingerprint density at radius 1 is 1.25 bits per heavy atom. The molecular formula is C27H30N2O3. The summed E-state index contributed by atoms with van der Waals surface area (Å²) in [6, 6.07) is 11.9. The zero-order chi connectivity index (χ0) is 22.5. The number of ether oxygens (including phenoxy) is 1. The van der Waals surface area contributed by atoms with Crippen molar-refractivity contribution in [1.29, 1.82) is 0 Å². The van der Waals surface area contributed by atoms with Gasteiger partial charge in [-0.3, -0.25) is 9.48 Å². The third-order valence-electron chi connectivity index (χ3n) is 6.28. The predicted octanol–water partition coefficient (Wildman–Crippen LogP) is 5.70. The fraction of sp³-hybridized carbons (Fsp3) is 0.407. The maximum absolute atomic E-state index is 11.1. The minimum Gasteiger partial charge on any atom is -0.489 e. The molecule has 0 aliphatic heterocycles. The third kappa shape index (κ3) is 5.13. The van der Waals surface area contributed by atoms with Crippen LogP contribution >= 0.6 is 0 Å². The van der Waals surface area contributed by atoms with Gasteiger partial charge in [0.25, 0.3) is 0 Å². The van der Waals surface area contributed by atoms with E-state index in [-0.39, 0.29) is 12.3 Å². The molecule has 166 valence electrons. The van der Waals surface area contributed by atoms with Crippen LogP contribution in [0.1, 0.15) is 61.6 Å². The Morgan fingerprint density at radius 2 is 2.00 bits per heavy atom. The first-order valence-corrected chi connectivity index (χ1v) is 11.4. The third-order valence-corrected chi connectivity index (χ3v) is 6.28. The second-order valence-corrected chi connectivity index (χ2v) is 8.73. The van der Waals surface area contributed by atoms with Crippen molar-refractivity contribution in [2.24, 2.45) is 5.92 Å². The van der Waals surface area contributed by atoms with Crippen LogP contribution in [0, 0.1) is 24.7 Å². The first kappa shape index (κ1) is 22.0. The molecule has 0 amide bonds. The van der Waals surface area contributed by atoms with Crippen LogP contribution in [0.15, 0.2) is 42.6 Å². The topological polar surface area (TPSA) is 64.3 Å². The fourth-order valence-electron chi connectivity index (χ4n) is 4.75. The van der Waals surface area contributed by atoms with E-state index in [1.165, 1.54) is 36.8 Å².